The third-order valence-corrected chi connectivity index (χ3v) is 17.9. The summed E-state index contributed by atoms with van der Waals surface area (Å²) in [7, 11) is -9.89. The molecule has 19 heteroatoms. The van der Waals surface area contributed by atoms with Crippen LogP contribution in [0.25, 0.3) is 0 Å². The molecular formula is C69H134O17P2. The molecule has 17 nitrogen and oxygen atoms in total. The summed E-state index contributed by atoms with van der Waals surface area (Å²) in [5.41, 5.74) is 0. The smallest absolute Gasteiger partial charge is 0.462 e. The van der Waals surface area contributed by atoms with E-state index in [2.05, 4.69) is 41.5 Å². The molecule has 88 heavy (non-hydrogen) atoms. The van der Waals surface area contributed by atoms with Crippen LogP contribution >= 0.6 is 15.6 Å². The number of hydrogen-bond acceptors (Lipinski definition) is 15. The van der Waals surface area contributed by atoms with Crippen LogP contribution < -0.4 is 0 Å². The van der Waals surface area contributed by atoms with Gasteiger partial charge in [0.2, 0.25) is 0 Å². The van der Waals surface area contributed by atoms with Crippen molar-refractivity contribution in [2.24, 2.45) is 11.8 Å². The van der Waals surface area contributed by atoms with Gasteiger partial charge in [0.15, 0.2) is 12.2 Å². The molecule has 0 fully saturated rings. The van der Waals surface area contributed by atoms with E-state index in [9.17, 15) is 43.2 Å². The van der Waals surface area contributed by atoms with Gasteiger partial charge in [0.1, 0.15) is 19.3 Å². The highest BCUT2D eigenvalue weighted by Gasteiger charge is 2.30. The van der Waals surface area contributed by atoms with Crippen molar-refractivity contribution < 1.29 is 80.2 Å². The number of carbonyl (C=O) groups is 4. The van der Waals surface area contributed by atoms with Crippen molar-refractivity contribution in [1.29, 1.82) is 0 Å². The largest absolute Gasteiger partial charge is 0.472 e. The summed E-state index contributed by atoms with van der Waals surface area (Å²) in [6, 6.07) is 0. The predicted molar refractivity (Wildman–Crippen MR) is 354 cm³/mol. The van der Waals surface area contributed by atoms with Gasteiger partial charge < -0.3 is 33.8 Å². The Balaban J connectivity index is 5.20. The van der Waals surface area contributed by atoms with Crippen molar-refractivity contribution in [3.63, 3.8) is 0 Å². The van der Waals surface area contributed by atoms with Crippen LogP contribution in [-0.2, 0) is 65.4 Å². The van der Waals surface area contributed by atoms with Crippen molar-refractivity contribution in [1.82, 2.24) is 0 Å². The number of ether oxygens (including phenoxy) is 4. The Morgan fingerprint density at radius 1 is 0.307 bits per heavy atom. The number of hydrogen-bond donors (Lipinski definition) is 3. The first-order chi connectivity index (χ1) is 42.4. The van der Waals surface area contributed by atoms with Gasteiger partial charge in [-0.15, -0.1) is 0 Å². The number of aliphatic hydroxyl groups excluding tert-OH is 1. The van der Waals surface area contributed by atoms with E-state index in [0.717, 1.165) is 95.8 Å². The number of phosphoric acid groups is 2. The minimum absolute atomic E-state index is 0.103. The summed E-state index contributed by atoms with van der Waals surface area (Å²) in [6.07, 6.45) is 45.9. The van der Waals surface area contributed by atoms with Gasteiger partial charge in [-0.05, 0) is 37.5 Å². The van der Waals surface area contributed by atoms with E-state index in [4.69, 9.17) is 37.0 Å². The SMILES string of the molecule is CCCCCCCCCCCCCC(=O)OC[C@H](COP(=O)(O)OC[C@@H](O)COP(=O)(O)OC[C@@H](COC(=O)CCCCCCCCCCC)OC(=O)CCCCCCCCCC(C)C)OC(=O)CCCCCCCCCCCCCCCCCC(C)C. The van der Waals surface area contributed by atoms with Crippen molar-refractivity contribution in [2.45, 2.75) is 368 Å². The fraction of sp³-hybridized carbons (Fsp3) is 0.942. The minimum Gasteiger partial charge on any atom is -0.462 e. The maximum atomic E-state index is 13.0. The Bertz CT molecular complexity index is 1720. The molecule has 5 atom stereocenters. The van der Waals surface area contributed by atoms with Gasteiger partial charge in [-0.3, -0.25) is 37.3 Å². The molecule has 0 bridgehead atoms. The summed E-state index contributed by atoms with van der Waals surface area (Å²) < 4.78 is 68.2. The molecule has 0 aromatic rings. The average molecular weight is 1300 g/mol. The van der Waals surface area contributed by atoms with Gasteiger partial charge >= 0.3 is 39.5 Å². The molecule has 0 saturated heterocycles. The fourth-order valence-electron chi connectivity index (χ4n) is 10.4. The van der Waals surface area contributed by atoms with Gasteiger partial charge in [-0.2, -0.15) is 0 Å². The van der Waals surface area contributed by atoms with E-state index in [1.807, 2.05) is 0 Å². The molecule has 2 unspecified atom stereocenters. The van der Waals surface area contributed by atoms with E-state index >= 15 is 0 Å². The Labute approximate surface area is 537 Å². The van der Waals surface area contributed by atoms with Gasteiger partial charge in [0.05, 0.1) is 26.4 Å². The van der Waals surface area contributed by atoms with Crippen molar-refractivity contribution in [3.05, 3.63) is 0 Å². The zero-order chi connectivity index (χ0) is 65.0. The van der Waals surface area contributed by atoms with E-state index in [1.54, 1.807) is 0 Å². The first kappa shape index (κ1) is 86.1. The molecule has 0 saturated carbocycles. The zero-order valence-electron chi connectivity index (χ0n) is 57.0. The zero-order valence-corrected chi connectivity index (χ0v) is 58.8. The standard InChI is InChI=1S/C69H134O17P2/c1-7-9-11-13-15-17-23-28-34-40-46-52-67(72)80-57-64(85-68(73)53-47-41-35-29-25-22-20-18-19-21-24-27-31-37-43-49-61(3)4)59-83-87(75,76)81-55-63(70)56-82-88(77,78)84-60-65(58-79-66(71)51-45-39-33-26-16-14-12-10-8-2)86-69(74)54-48-42-36-30-32-38-44-50-62(5)6/h61-65,70H,7-60H2,1-6H3,(H,75,76)(H,77,78)/t63-,64-,65-/m1/s1. The fourth-order valence-corrected chi connectivity index (χ4v) is 12.0. The molecular weight excluding hydrogens is 1160 g/mol. The highest BCUT2D eigenvalue weighted by Crippen LogP contribution is 2.45. The highest BCUT2D eigenvalue weighted by molar-refractivity contribution is 7.47. The summed E-state index contributed by atoms with van der Waals surface area (Å²) >= 11 is 0. The second-order valence-corrected chi connectivity index (χ2v) is 28.8. The monoisotopic (exact) mass is 1300 g/mol. The third kappa shape index (κ3) is 62.8. The number of carbonyl (C=O) groups excluding carboxylic acids is 4. The average Bonchev–Trinajstić information content (AvgIpc) is 3.67. The summed E-state index contributed by atoms with van der Waals surface area (Å²) in [6.45, 7) is 9.48. The molecule has 0 aromatic heterocycles. The summed E-state index contributed by atoms with van der Waals surface area (Å²) in [5, 5.41) is 10.6. The van der Waals surface area contributed by atoms with E-state index in [-0.39, 0.29) is 25.7 Å². The summed E-state index contributed by atoms with van der Waals surface area (Å²) in [5.74, 6) is -0.630. The number of unbranched alkanes of at least 4 members (excludes halogenated alkanes) is 38. The van der Waals surface area contributed by atoms with Crippen LogP contribution in [0.1, 0.15) is 350 Å². The Morgan fingerprint density at radius 3 is 0.773 bits per heavy atom. The number of rotatable bonds is 68. The second kappa shape index (κ2) is 61.3. The molecule has 0 aliphatic heterocycles. The Morgan fingerprint density at radius 2 is 0.523 bits per heavy atom. The third-order valence-electron chi connectivity index (χ3n) is 16.0. The van der Waals surface area contributed by atoms with Crippen LogP contribution in [0.15, 0.2) is 0 Å². The predicted octanol–water partition coefficient (Wildman–Crippen LogP) is 19.6. The van der Waals surface area contributed by atoms with Gasteiger partial charge in [0, 0.05) is 25.7 Å². The van der Waals surface area contributed by atoms with Crippen molar-refractivity contribution in [2.75, 3.05) is 39.6 Å². The molecule has 0 aliphatic rings. The Kier molecular flexibility index (Phi) is 59.9. The van der Waals surface area contributed by atoms with Crippen LogP contribution in [0.5, 0.6) is 0 Å². The van der Waals surface area contributed by atoms with Gasteiger partial charge in [0.25, 0.3) is 0 Å². The molecule has 0 amide bonds. The maximum absolute atomic E-state index is 13.0. The topological polar surface area (TPSA) is 237 Å². The van der Waals surface area contributed by atoms with Gasteiger partial charge in [-0.25, -0.2) is 9.13 Å². The molecule has 0 rings (SSSR count). The van der Waals surface area contributed by atoms with Crippen LogP contribution in [0.4, 0.5) is 0 Å². The molecule has 0 spiro atoms. The number of esters is 4. The minimum atomic E-state index is -4.95. The van der Waals surface area contributed by atoms with E-state index in [0.29, 0.717) is 31.6 Å². The van der Waals surface area contributed by atoms with Crippen LogP contribution in [-0.4, -0.2) is 96.7 Å². The number of aliphatic hydroxyl groups is 1. The molecule has 0 radical (unpaired) electrons. The molecule has 0 aromatic carbocycles. The molecule has 0 heterocycles. The summed E-state index contributed by atoms with van der Waals surface area (Å²) in [4.78, 5) is 72.4. The lowest BCUT2D eigenvalue weighted by Crippen LogP contribution is -2.30. The molecule has 0 aliphatic carbocycles. The first-order valence-electron chi connectivity index (χ1n) is 36.0. The van der Waals surface area contributed by atoms with Crippen LogP contribution in [0.2, 0.25) is 0 Å². The lowest BCUT2D eigenvalue weighted by Gasteiger charge is -2.21. The maximum Gasteiger partial charge on any atom is 0.472 e. The number of phosphoric ester groups is 2. The van der Waals surface area contributed by atoms with E-state index < -0.39 is 97.5 Å². The van der Waals surface area contributed by atoms with Crippen LogP contribution in [0.3, 0.4) is 0 Å². The van der Waals surface area contributed by atoms with Crippen molar-refractivity contribution in [3.8, 4) is 0 Å². The molecule has 3 N–H and O–H groups in total. The van der Waals surface area contributed by atoms with Crippen molar-refractivity contribution >= 4 is 39.5 Å². The normalized spacial score (nSPS) is 14.2. The highest BCUT2D eigenvalue weighted by atomic mass is 31.2. The Hall–Kier alpha value is -1.94. The van der Waals surface area contributed by atoms with E-state index in [1.165, 1.54) is 167 Å². The van der Waals surface area contributed by atoms with Crippen LogP contribution in [0, 0.1) is 11.8 Å². The lowest BCUT2D eigenvalue weighted by atomic mass is 10.0. The molecule has 522 valence electrons. The quantitative estimate of drug-likeness (QED) is 0.0222. The second-order valence-electron chi connectivity index (χ2n) is 25.9. The first-order valence-corrected chi connectivity index (χ1v) is 39.0. The lowest BCUT2D eigenvalue weighted by molar-refractivity contribution is -0.161. The van der Waals surface area contributed by atoms with Gasteiger partial charge in [-0.1, -0.05) is 298 Å².